The number of para-hydroxylation sites is 1. The van der Waals surface area contributed by atoms with Gasteiger partial charge in [0.2, 0.25) is 11.9 Å². The van der Waals surface area contributed by atoms with E-state index in [1.165, 1.54) is 6.26 Å². The minimum absolute atomic E-state index is 0.00640. The molecule has 0 saturated carbocycles. The summed E-state index contributed by atoms with van der Waals surface area (Å²) in [6.07, 6.45) is 3.99. The van der Waals surface area contributed by atoms with Crippen LogP contribution in [-0.4, -0.2) is 80.6 Å². The van der Waals surface area contributed by atoms with Gasteiger partial charge in [-0.05, 0) is 54.0 Å². The molecular formula is C22H25N7O3. The van der Waals surface area contributed by atoms with Gasteiger partial charge in [-0.15, -0.1) is 0 Å². The van der Waals surface area contributed by atoms with Gasteiger partial charge in [-0.1, -0.05) is 23.3 Å². The van der Waals surface area contributed by atoms with Gasteiger partial charge in [0.1, 0.15) is 6.04 Å². The molecule has 2 fully saturated rings. The lowest BCUT2D eigenvalue weighted by Gasteiger charge is -2.40. The molecule has 2 aliphatic rings. The van der Waals surface area contributed by atoms with E-state index in [1.54, 1.807) is 21.7 Å². The maximum absolute atomic E-state index is 13.4. The predicted molar refractivity (Wildman–Crippen MR) is 115 cm³/mol. The fourth-order valence-corrected chi connectivity index (χ4v) is 4.43. The van der Waals surface area contributed by atoms with Crippen LogP contribution in [-0.2, 0) is 4.79 Å². The molecule has 1 aromatic carbocycles. The molecule has 3 aromatic rings. The summed E-state index contributed by atoms with van der Waals surface area (Å²) in [7, 11) is 0. The maximum Gasteiger partial charge on any atom is 0.290 e. The first-order valence-electron chi connectivity index (χ1n) is 10.9. The Hall–Kier alpha value is -3.69. The van der Waals surface area contributed by atoms with Crippen LogP contribution in [0.25, 0.3) is 5.69 Å². The number of nitrogens with zero attached hydrogens (tertiary/aromatic N) is 7. The summed E-state index contributed by atoms with van der Waals surface area (Å²) in [6, 6.07) is 12.6. The smallest absolute Gasteiger partial charge is 0.290 e. The van der Waals surface area contributed by atoms with Gasteiger partial charge in [-0.3, -0.25) is 9.59 Å². The number of benzene rings is 1. The molecule has 1 unspecified atom stereocenters. The van der Waals surface area contributed by atoms with Gasteiger partial charge < -0.3 is 19.1 Å². The van der Waals surface area contributed by atoms with Crippen molar-refractivity contribution >= 4 is 17.8 Å². The summed E-state index contributed by atoms with van der Waals surface area (Å²) in [5, 5.41) is 12.2. The summed E-state index contributed by atoms with van der Waals surface area (Å²) in [4.78, 5) is 31.8. The van der Waals surface area contributed by atoms with Gasteiger partial charge in [0.15, 0.2) is 5.76 Å². The zero-order chi connectivity index (χ0) is 21.9. The monoisotopic (exact) mass is 435 g/mol. The van der Waals surface area contributed by atoms with Gasteiger partial charge in [0.25, 0.3) is 5.91 Å². The first-order valence-corrected chi connectivity index (χ1v) is 10.9. The molecule has 32 heavy (non-hydrogen) atoms. The van der Waals surface area contributed by atoms with Crippen molar-refractivity contribution in [2.45, 2.75) is 25.3 Å². The minimum Gasteiger partial charge on any atom is -0.459 e. The fourth-order valence-electron chi connectivity index (χ4n) is 4.43. The first-order chi connectivity index (χ1) is 15.7. The Kier molecular flexibility index (Phi) is 5.57. The van der Waals surface area contributed by atoms with E-state index in [2.05, 4.69) is 20.4 Å². The number of carbonyl (C=O) groups excluding carboxylic acids is 2. The second-order valence-corrected chi connectivity index (χ2v) is 8.03. The van der Waals surface area contributed by atoms with E-state index < -0.39 is 6.04 Å². The van der Waals surface area contributed by atoms with Crippen molar-refractivity contribution < 1.29 is 14.0 Å². The molecule has 2 aliphatic heterocycles. The molecule has 0 radical (unpaired) electrons. The van der Waals surface area contributed by atoms with Crippen LogP contribution in [0.1, 0.15) is 29.8 Å². The largest absolute Gasteiger partial charge is 0.459 e. The molecule has 10 nitrogen and oxygen atoms in total. The number of hydrogen-bond acceptors (Lipinski definition) is 7. The molecule has 0 spiro atoms. The Labute approximate surface area is 185 Å². The molecule has 0 N–H and O–H groups in total. The highest BCUT2D eigenvalue weighted by Crippen LogP contribution is 2.23. The highest BCUT2D eigenvalue weighted by atomic mass is 16.3. The zero-order valence-electron chi connectivity index (χ0n) is 17.7. The van der Waals surface area contributed by atoms with Gasteiger partial charge in [0, 0.05) is 32.7 Å². The lowest BCUT2D eigenvalue weighted by Crippen LogP contribution is -2.57. The third-order valence-corrected chi connectivity index (χ3v) is 6.11. The number of likely N-dealkylation sites (tertiary alicyclic amines) is 1. The maximum atomic E-state index is 13.4. The van der Waals surface area contributed by atoms with Gasteiger partial charge in [-0.2, -0.15) is 4.68 Å². The van der Waals surface area contributed by atoms with Crippen LogP contribution in [0, 0.1) is 0 Å². The van der Waals surface area contributed by atoms with E-state index in [9.17, 15) is 9.59 Å². The Morgan fingerprint density at radius 1 is 0.938 bits per heavy atom. The molecule has 0 bridgehead atoms. The van der Waals surface area contributed by atoms with Crippen molar-refractivity contribution in [3.8, 4) is 5.69 Å². The van der Waals surface area contributed by atoms with Crippen molar-refractivity contribution in [1.82, 2.24) is 30.0 Å². The Morgan fingerprint density at radius 3 is 2.50 bits per heavy atom. The summed E-state index contributed by atoms with van der Waals surface area (Å²) in [6.45, 7) is 2.93. The summed E-state index contributed by atoms with van der Waals surface area (Å²) in [5.74, 6) is 0.735. The molecular weight excluding hydrogens is 410 g/mol. The minimum atomic E-state index is -0.442. The van der Waals surface area contributed by atoms with Gasteiger partial charge in [0.05, 0.1) is 12.0 Å². The van der Waals surface area contributed by atoms with Crippen LogP contribution in [0.2, 0.25) is 0 Å². The van der Waals surface area contributed by atoms with Crippen LogP contribution >= 0.6 is 0 Å². The third kappa shape index (κ3) is 3.83. The standard InChI is InChI=1S/C22H25N7O3/c30-20(18-9-4-5-11-28(18)21(31)19-10-6-16-32-19)26-12-14-27(15-13-26)22-23-24-25-29(22)17-7-2-1-3-8-17/h1-3,6-8,10,16,18H,4-5,9,11-15H2. The number of amides is 2. The number of anilines is 1. The van der Waals surface area contributed by atoms with E-state index >= 15 is 0 Å². The Morgan fingerprint density at radius 2 is 1.75 bits per heavy atom. The topological polar surface area (TPSA) is 101 Å². The Balaban J connectivity index is 1.26. The van der Waals surface area contributed by atoms with E-state index in [0.717, 1.165) is 18.5 Å². The third-order valence-electron chi connectivity index (χ3n) is 6.11. The fraction of sp³-hybridized carbons (Fsp3) is 0.409. The molecule has 10 heteroatoms. The molecule has 4 heterocycles. The van der Waals surface area contributed by atoms with Crippen molar-refractivity contribution in [1.29, 1.82) is 0 Å². The molecule has 166 valence electrons. The summed E-state index contributed by atoms with van der Waals surface area (Å²) >= 11 is 0. The first kappa shape index (κ1) is 20.2. The SMILES string of the molecule is O=C(C1CCCCN1C(=O)c1ccco1)N1CCN(c2nnnn2-c2ccccc2)CC1. The normalized spacial score (nSPS) is 19.2. The highest BCUT2D eigenvalue weighted by Gasteiger charge is 2.37. The van der Waals surface area contributed by atoms with E-state index in [1.807, 2.05) is 35.2 Å². The zero-order valence-corrected chi connectivity index (χ0v) is 17.7. The van der Waals surface area contributed by atoms with Crippen molar-refractivity contribution in [3.05, 3.63) is 54.5 Å². The van der Waals surface area contributed by atoms with Crippen LogP contribution in [0.15, 0.2) is 53.1 Å². The summed E-state index contributed by atoms with van der Waals surface area (Å²) < 4.78 is 6.99. The molecule has 2 saturated heterocycles. The quantitative estimate of drug-likeness (QED) is 0.614. The second-order valence-electron chi connectivity index (χ2n) is 8.03. The van der Waals surface area contributed by atoms with E-state index in [0.29, 0.717) is 45.1 Å². The number of piperazine rings is 1. The number of tetrazole rings is 1. The van der Waals surface area contributed by atoms with Crippen molar-refractivity contribution in [3.63, 3.8) is 0 Å². The number of carbonyl (C=O) groups is 2. The lowest BCUT2D eigenvalue weighted by atomic mass is 10.00. The molecule has 0 aliphatic carbocycles. The number of piperidine rings is 1. The lowest BCUT2D eigenvalue weighted by molar-refractivity contribution is -0.137. The molecule has 1 atom stereocenters. The van der Waals surface area contributed by atoms with Gasteiger partial charge in [-0.25, -0.2) is 0 Å². The molecule has 2 aromatic heterocycles. The summed E-state index contributed by atoms with van der Waals surface area (Å²) in [5.41, 5.74) is 0.889. The van der Waals surface area contributed by atoms with E-state index in [-0.39, 0.29) is 17.6 Å². The van der Waals surface area contributed by atoms with Gasteiger partial charge >= 0.3 is 0 Å². The van der Waals surface area contributed by atoms with E-state index in [4.69, 9.17) is 4.42 Å². The highest BCUT2D eigenvalue weighted by molar-refractivity contribution is 5.95. The molecule has 2 amide bonds. The van der Waals surface area contributed by atoms with Crippen LogP contribution in [0.5, 0.6) is 0 Å². The van der Waals surface area contributed by atoms with Crippen molar-refractivity contribution in [2.75, 3.05) is 37.6 Å². The Bertz CT molecular complexity index is 1060. The molecule has 5 rings (SSSR count). The average molecular weight is 435 g/mol. The van der Waals surface area contributed by atoms with Crippen LogP contribution < -0.4 is 4.90 Å². The van der Waals surface area contributed by atoms with Crippen molar-refractivity contribution in [2.24, 2.45) is 0 Å². The number of furan rings is 1. The second kappa shape index (κ2) is 8.81. The number of hydrogen-bond donors (Lipinski definition) is 0. The van der Waals surface area contributed by atoms with Crippen LogP contribution in [0.4, 0.5) is 5.95 Å². The predicted octanol–water partition coefficient (Wildman–Crippen LogP) is 1.60. The number of aromatic nitrogens is 4. The average Bonchev–Trinajstić information content (AvgIpc) is 3.57. The van der Waals surface area contributed by atoms with Crippen LogP contribution in [0.3, 0.4) is 0 Å². The number of rotatable bonds is 4.